The van der Waals surface area contributed by atoms with E-state index in [1.54, 1.807) is 0 Å². The van der Waals surface area contributed by atoms with Crippen LogP contribution >= 0.6 is 0 Å². The van der Waals surface area contributed by atoms with E-state index in [1.807, 2.05) is 133 Å². The first-order valence-corrected chi connectivity index (χ1v) is 42.5. The van der Waals surface area contributed by atoms with Crippen molar-refractivity contribution in [2.24, 2.45) is 7.05 Å². The molecule has 14 rings (SSSR count). The quantitative estimate of drug-likeness (QED) is 0.0133. The van der Waals surface area contributed by atoms with Gasteiger partial charge in [-0.1, -0.05) is 13.3 Å². The number of quaternary nitrogens is 8. The van der Waals surface area contributed by atoms with Crippen LogP contribution in [0.3, 0.4) is 0 Å². The lowest BCUT2D eigenvalue weighted by atomic mass is 10.1. The van der Waals surface area contributed by atoms with Crippen LogP contribution in [0, 0.1) is 55.4 Å². The summed E-state index contributed by atoms with van der Waals surface area (Å²) in [6.07, 6.45) is 10.6. The first-order chi connectivity index (χ1) is 58.4. The van der Waals surface area contributed by atoms with Crippen molar-refractivity contribution < 1.29 is 51.8 Å². The van der Waals surface area contributed by atoms with Crippen LogP contribution in [-0.4, -0.2) is 219 Å². The molecule has 652 valence electrons. The Bertz CT molecular complexity index is 6540. The average Bonchev–Trinajstić information content (AvgIpc) is 0.765. The number of likely N-dealkylation sites (N-methyl/N-ethyl adjacent to an activating group) is 3. The van der Waals surface area contributed by atoms with Gasteiger partial charge in [-0.3, -0.25) is 38.3 Å². The lowest BCUT2D eigenvalue weighted by Gasteiger charge is -2.37. The van der Waals surface area contributed by atoms with Crippen LogP contribution in [0.25, 0.3) is 101 Å². The highest BCUT2D eigenvalue weighted by Crippen LogP contribution is 2.29. The van der Waals surface area contributed by atoms with Crippen LogP contribution in [0.5, 0.6) is 0 Å². The molecule has 34 nitrogen and oxygen atoms in total. The highest BCUT2D eigenvalue weighted by molar-refractivity contribution is 5.84. The van der Waals surface area contributed by atoms with E-state index in [2.05, 4.69) is 184 Å². The summed E-state index contributed by atoms with van der Waals surface area (Å²) in [6, 6.07) is 24.5. The Morgan fingerprint density at radius 2 is 0.732 bits per heavy atom. The third kappa shape index (κ3) is 22.1. The molecule has 34 heteroatoms. The normalized spacial score (nSPS) is 12.0. The molecule has 2 aromatic heterocycles. The molecular weight excluding hydrogens is 1560 g/mol. The molecule has 0 bridgehead atoms. The minimum absolute atomic E-state index is 0. The molecule has 10 heterocycles. The molecule has 0 fully saturated rings. The molecule has 0 radical (unpaired) electrons. The highest BCUT2D eigenvalue weighted by Gasteiger charge is 2.30. The Labute approximate surface area is 714 Å². The topological polar surface area (TPSA) is 425 Å². The number of hydrogen-bond acceptors (Lipinski definition) is 16. The molecular formula is C89H128N26O8+10. The number of hydrogen-bond donors (Lipinski definition) is 7. The molecule has 0 saturated carbocycles. The fourth-order valence-corrected chi connectivity index (χ4v) is 14.8. The maximum Gasteiger partial charge on any atom is 0.352 e. The maximum atomic E-state index is 13.5. The third-order valence-corrected chi connectivity index (χ3v) is 23.0. The van der Waals surface area contributed by atoms with Gasteiger partial charge in [-0.25, -0.2) is 48.2 Å². The predicted molar refractivity (Wildman–Crippen MR) is 477 cm³/mol. The zero-order chi connectivity index (χ0) is 89.1. The van der Waals surface area contributed by atoms with E-state index in [1.165, 1.54) is 4.57 Å². The number of fused-ring (bicyclic) bond motifs is 8. The summed E-state index contributed by atoms with van der Waals surface area (Å²) in [5, 5.41) is 4.49. The lowest BCUT2D eigenvalue weighted by molar-refractivity contribution is -0.964. The predicted octanol–water partition coefficient (Wildman–Crippen LogP) is -0.621. The van der Waals surface area contributed by atoms with E-state index in [-0.39, 0.29) is 42.9 Å². The average molecular weight is 1690 g/mol. The monoisotopic (exact) mass is 1690 g/mol. The van der Waals surface area contributed by atoms with Crippen LogP contribution in [0.4, 0.5) is 0 Å². The summed E-state index contributed by atoms with van der Waals surface area (Å²) >= 11 is 0. The van der Waals surface area contributed by atoms with E-state index >= 15 is 0 Å². The van der Waals surface area contributed by atoms with Crippen molar-refractivity contribution in [2.45, 2.75) is 127 Å². The molecule has 4 aromatic carbocycles. The van der Waals surface area contributed by atoms with Gasteiger partial charge in [-0.2, -0.15) is 19.9 Å². The molecule has 0 atom stereocenters. The van der Waals surface area contributed by atoms with Gasteiger partial charge in [0.1, 0.15) is 66.0 Å². The lowest BCUT2D eigenvalue weighted by Crippen LogP contribution is -2.96. The summed E-state index contributed by atoms with van der Waals surface area (Å²) in [6.45, 7) is 33.2. The summed E-state index contributed by atoms with van der Waals surface area (Å²) in [5.41, 5.74) is 25.9. The van der Waals surface area contributed by atoms with Gasteiger partial charge >= 0.3 is 22.8 Å². The number of aromatic nitrogens is 18. The Morgan fingerprint density at radius 3 is 1.15 bits per heavy atom. The van der Waals surface area contributed by atoms with Gasteiger partial charge in [0.25, 0.3) is 22.2 Å². The molecule has 0 aliphatic carbocycles. The molecule has 8 aliphatic rings. The number of unbranched alkanes of at least 4 members (excludes halogenated alkanes) is 1. The minimum atomic E-state index is -0.641. The van der Waals surface area contributed by atoms with Gasteiger partial charge in [0, 0.05) is 45.2 Å². The van der Waals surface area contributed by atoms with Crippen molar-refractivity contribution in [1.82, 2.24) is 77.2 Å². The van der Waals surface area contributed by atoms with Crippen LogP contribution in [0.2, 0.25) is 0 Å². The summed E-state index contributed by atoms with van der Waals surface area (Å²) in [5.74, 6) is 1.39. The molecule has 123 heavy (non-hydrogen) atoms. The second-order valence-corrected chi connectivity index (χ2v) is 34.7. The van der Waals surface area contributed by atoms with Crippen molar-refractivity contribution >= 4 is 44.1 Å². The van der Waals surface area contributed by atoms with Crippen molar-refractivity contribution in [3.05, 3.63) is 225 Å². The maximum absolute atomic E-state index is 13.5. The van der Waals surface area contributed by atoms with Crippen molar-refractivity contribution in [3.63, 3.8) is 0 Å². The second kappa shape index (κ2) is 39.4. The number of benzene rings is 4. The van der Waals surface area contributed by atoms with E-state index in [0.717, 1.165) is 196 Å². The number of H-pyrrole nitrogens is 2. The Balaban J connectivity index is 0.000000175. The molecule has 0 saturated heterocycles. The number of rotatable bonds is 29. The van der Waals surface area contributed by atoms with Crippen molar-refractivity contribution in [2.75, 3.05) is 128 Å². The van der Waals surface area contributed by atoms with Crippen LogP contribution in [0.15, 0.2) is 136 Å². The standard InChI is InChI=1S/C30H34N6O2.C25H41N7O2.C18H25N7O2.C16H20N6O2.H2/c1-5-6-13-35-26-20-22(3)21(2)19-25(26)31-27-28(35)32-30(38)36(29(27)37)14-7-12-34-17-10-24(11-18-34)23-8-15-33(4)16-9-23;1-18-16-20-21(17-19(18)2)29(23-22(26-20)24(33)28-25(34)27-23)10-11-31(6,7)14-15-32(8,9)13-12-30(3,4)5;1-11-9-13-14(10-12(11)2)25(8-7-21-6-5-20-4-3-19)16-15(22-13)17(26)24-18(27)23-16;1-9-7-11-12(8-10(9)2)21(5-3-17)14-13(19-11)15(23)22(6-4-18)16(24)20-14;/h8-11,15-20H,5-7,12-14H2,1-4H3;16-17H,10-15H2,1-9H3;9-10,20-21H,3-8,19H2,1-2H3,(H,24,26,27);7-8H,3-6,17-18H2,1-2H3;1H/q2*+2;;;/p+6. The number of nitrogens with one attached hydrogen (secondary N) is 2. The number of aromatic amines is 2. The van der Waals surface area contributed by atoms with Crippen LogP contribution in [-0.2, 0) is 52.9 Å². The number of aryl methyl sites for hydroxylation is 11. The van der Waals surface area contributed by atoms with Gasteiger partial charge < -0.3 is 59.6 Å². The Hall–Kier alpha value is -12.0. The first kappa shape index (κ1) is 91.7. The Kier molecular flexibility index (Phi) is 29.4. The van der Waals surface area contributed by atoms with E-state index < -0.39 is 39.4 Å². The molecule has 8 aliphatic heterocycles. The second-order valence-electron chi connectivity index (χ2n) is 34.7. The van der Waals surface area contributed by atoms with Gasteiger partial charge in [-0.05, 0) is 166 Å². The van der Waals surface area contributed by atoms with Crippen molar-refractivity contribution in [1.29, 1.82) is 0 Å². The van der Waals surface area contributed by atoms with Gasteiger partial charge in [0.2, 0.25) is 0 Å². The molecule has 0 amide bonds. The molecule has 0 spiro atoms. The summed E-state index contributed by atoms with van der Waals surface area (Å²) in [4.78, 5) is 139. The number of nitrogens with two attached hydrogens (primary N) is 2. The Morgan fingerprint density at radius 1 is 0.382 bits per heavy atom. The van der Waals surface area contributed by atoms with Crippen LogP contribution in [0.1, 0.15) is 72.1 Å². The molecule has 6 aromatic rings. The van der Waals surface area contributed by atoms with Crippen molar-refractivity contribution in [3.8, 4) is 57.2 Å². The van der Waals surface area contributed by atoms with Gasteiger partial charge in [0.05, 0.1) is 146 Å². The minimum Gasteiger partial charge on any atom is -0.356 e. The number of nitrogens with zero attached hydrogens (tertiary/aromatic N) is 19. The molecule has 15 N–H and O–H groups in total. The zero-order valence-corrected chi connectivity index (χ0v) is 74.8. The SMILES string of the molecule is CCCCn1c2nc(=O)n(CCC[n+]3ccc(-c4cc[n+](C)cc4)cc3)c(=O)c-2nc2cc(C)c(C)cc21.Cc1cc2nc3c(=O)[nH]c(=O)nc-3n(CC[N+](C)(C)CC[N+](C)(C)CC[N+](C)(C)C)c2cc1C.Cc1cc2nc3c(=O)[nH]c(=O)nc-3n(CC[NH2+]CC[NH2+]CC[NH3+])c2cc1C.Cc1cc2nc3c(=O)n(CC[NH3+])c(=O)nc-3n(CC[NH3+])c2cc1C.[HH]. The smallest absolute Gasteiger partial charge is 0.352 e. The fourth-order valence-electron chi connectivity index (χ4n) is 14.8. The van der Waals surface area contributed by atoms with E-state index in [0.29, 0.717) is 75.5 Å². The van der Waals surface area contributed by atoms with Gasteiger partial charge in [-0.15, -0.1) is 0 Å². The summed E-state index contributed by atoms with van der Waals surface area (Å²) in [7, 11) is 17.8. The van der Waals surface area contributed by atoms with Gasteiger partial charge in [0.15, 0.2) is 70.9 Å². The fraction of sp³-hybridized carbons (Fsp3) is 0.438. The first-order valence-electron chi connectivity index (χ1n) is 42.5. The zero-order valence-electron chi connectivity index (χ0n) is 74.8. The number of pyridine rings is 2. The van der Waals surface area contributed by atoms with E-state index in [9.17, 15) is 38.4 Å². The van der Waals surface area contributed by atoms with Crippen LogP contribution < -0.4 is 82.0 Å². The van der Waals surface area contributed by atoms with E-state index in [4.69, 9.17) is 4.98 Å². The molecule has 0 unspecified atom stereocenters. The summed E-state index contributed by atoms with van der Waals surface area (Å²) < 4.78 is 17.0. The third-order valence-electron chi connectivity index (χ3n) is 23.0. The largest absolute Gasteiger partial charge is 0.356 e. The highest BCUT2D eigenvalue weighted by atomic mass is 16.2.